The van der Waals surface area contributed by atoms with E-state index < -0.39 is 0 Å². The number of nitrogens with zero attached hydrogens (tertiary/aromatic N) is 1. The maximum absolute atomic E-state index is 5.78. The van der Waals surface area contributed by atoms with Gasteiger partial charge in [0.1, 0.15) is 0 Å². The summed E-state index contributed by atoms with van der Waals surface area (Å²) in [6.07, 6.45) is 3.84. The molecule has 1 aliphatic carbocycles. The molecule has 0 radical (unpaired) electrons. The number of rotatable bonds is 6. The van der Waals surface area contributed by atoms with E-state index in [9.17, 15) is 0 Å². The maximum atomic E-state index is 5.78. The lowest BCUT2D eigenvalue weighted by Gasteiger charge is -2.29. The smallest absolute Gasteiger partial charge is 0.0445 e. The Hall–Kier alpha value is -1.54. The zero-order valence-electron chi connectivity index (χ0n) is 12.3. The van der Waals surface area contributed by atoms with Gasteiger partial charge in [-0.25, -0.2) is 0 Å². The van der Waals surface area contributed by atoms with Crippen molar-refractivity contribution in [2.75, 3.05) is 24.5 Å². The van der Waals surface area contributed by atoms with E-state index in [-0.39, 0.29) is 0 Å². The third-order valence-electron chi connectivity index (χ3n) is 4.65. The first-order valence-corrected chi connectivity index (χ1v) is 7.71. The van der Waals surface area contributed by atoms with Crippen LogP contribution in [0.1, 0.15) is 26.2 Å². The molecule has 0 heterocycles. The summed E-state index contributed by atoms with van der Waals surface area (Å²) >= 11 is 0. The highest BCUT2D eigenvalue weighted by Gasteiger charge is 2.42. The van der Waals surface area contributed by atoms with Crippen molar-refractivity contribution in [2.45, 2.75) is 26.2 Å². The standard InChI is InChI=1S/C18H24N2/c1-2-20(14-18(10-11-18)12-13-19)17-9-5-7-15-6-3-4-8-16(15)17/h3-9H,2,10-14,19H2,1H3. The van der Waals surface area contributed by atoms with Crippen molar-refractivity contribution < 1.29 is 0 Å². The van der Waals surface area contributed by atoms with Gasteiger partial charge in [0, 0.05) is 24.2 Å². The summed E-state index contributed by atoms with van der Waals surface area (Å²) < 4.78 is 0. The molecule has 0 aromatic heterocycles. The third kappa shape index (κ3) is 2.53. The van der Waals surface area contributed by atoms with Gasteiger partial charge in [-0.05, 0) is 49.6 Å². The zero-order valence-corrected chi connectivity index (χ0v) is 12.3. The van der Waals surface area contributed by atoms with E-state index in [1.807, 2.05) is 0 Å². The van der Waals surface area contributed by atoms with Gasteiger partial charge in [0.25, 0.3) is 0 Å². The molecule has 1 saturated carbocycles. The Morgan fingerprint density at radius 3 is 2.55 bits per heavy atom. The molecule has 20 heavy (non-hydrogen) atoms. The fourth-order valence-corrected chi connectivity index (χ4v) is 3.23. The van der Waals surface area contributed by atoms with Crippen LogP contribution < -0.4 is 10.6 Å². The minimum atomic E-state index is 0.488. The first-order valence-electron chi connectivity index (χ1n) is 7.71. The van der Waals surface area contributed by atoms with Gasteiger partial charge in [-0.2, -0.15) is 0 Å². The lowest BCUT2D eigenvalue weighted by molar-refractivity contribution is 0.468. The summed E-state index contributed by atoms with van der Waals surface area (Å²) in [6.45, 7) is 5.27. The fraction of sp³-hybridized carbons (Fsp3) is 0.444. The molecule has 3 rings (SSSR count). The summed E-state index contributed by atoms with van der Waals surface area (Å²) in [4.78, 5) is 2.53. The molecule has 0 atom stereocenters. The van der Waals surface area contributed by atoms with E-state index in [1.165, 1.54) is 29.3 Å². The molecule has 0 bridgehead atoms. The second kappa shape index (κ2) is 5.45. The van der Waals surface area contributed by atoms with Crippen molar-refractivity contribution in [1.29, 1.82) is 0 Å². The molecule has 2 heteroatoms. The monoisotopic (exact) mass is 268 g/mol. The van der Waals surface area contributed by atoms with E-state index in [0.29, 0.717) is 5.41 Å². The van der Waals surface area contributed by atoms with Gasteiger partial charge in [-0.15, -0.1) is 0 Å². The molecule has 2 aromatic carbocycles. The molecule has 0 aliphatic heterocycles. The van der Waals surface area contributed by atoms with Gasteiger partial charge in [0.05, 0.1) is 0 Å². The second-order valence-electron chi connectivity index (χ2n) is 6.05. The molecule has 0 amide bonds. The summed E-state index contributed by atoms with van der Waals surface area (Å²) in [7, 11) is 0. The average molecular weight is 268 g/mol. The zero-order chi connectivity index (χ0) is 14.0. The summed E-state index contributed by atoms with van der Waals surface area (Å²) in [5.74, 6) is 0. The van der Waals surface area contributed by atoms with Crippen LogP contribution in [0, 0.1) is 5.41 Å². The Labute approximate surface area is 121 Å². The van der Waals surface area contributed by atoms with Crippen LogP contribution in [-0.4, -0.2) is 19.6 Å². The number of benzene rings is 2. The molecule has 2 N–H and O–H groups in total. The Kier molecular flexibility index (Phi) is 3.66. The first kappa shape index (κ1) is 13.4. The highest BCUT2D eigenvalue weighted by atomic mass is 15.1. The van der Waals surface area contributed by atoms with Crippen molar-refractivity contribution in [1.82, 2.24) is 0 Å². The number of hydrogen-bond acceptors (Lipinski definition) is 2. The van der Waals surface area contributed by atoms with Crippen LogP contribution in [0.4, 0.5) is 5.69 Å². The van der Waals surface area contributed by atoms with Crippen LogP contribution in [0.5, 0.6) is 0 Å². The lowest BCUT2D eigenvalue weighted by atomic mass is 10.0. The largest absolute Gasteiger partial charge is 0.371 e. The number of nitrogens with two attached hydrogens (primary N) is 1. The van der Waals surface area contributed by atoms with Gasteiger partial charge in [0.15, 0.2) is 0 Å². The van der Waals surface area contributed by atoms with E-state index >= 15 is 0 Å². The number of anilines is 1. The van der Waals surface area contributed by atoms with Crippen LogP contribution in [0.15, 0.2) is 42.5 Å². The normalized spacial score (nSPS) is 16.3. The predicted octanol–water partition coefficient (Wildman–Crippen LogP) is 3.80. The van der Waals surface area contributed by atoms with Gasteiger partial charge in [0.2, 0.25) is 0 Å². The van der Waals surface area contributed by atoms with Crippen molar-refractivity contribution in [3.63, 3.8) is 0 Å². The van der Waals surface area contributed by atoms with Crippen molar-refractivity contribution >= 4 is 16.5 Å². The third-order valence-corrected chi connectivity index (χ3v) is 4.65. The molecule has 0 spiro atoms. The molecular weight excluding hydrogens is 244 g/mol. The van der Waals surface area contributed by atoms with Crippen LogP contribution in [-0.2, 0) is 0 Å². The predicted molar refractivity (Wildman–Crippen MR) is 87.2 cm³/mol. The lowest BCUT2D eigenvalue weighted by Crippen LogP contribution is -2.31. The minimum Gasteiger partial charge on any atom is -0.371 e. The molecule has 1 aliphatic rings. The summed E-state index contributed by atoms with van der Waals surface area (Å²) in [5.41, 5.74) is 7.64. The Bertz CT molecular complexity index is 581. The van der Waals surface area contributed by atoms with E-state index in [1.54, 1.807) is 0 Å². The van der Waals surface area contributed by atoms with Crippen molar-refractivity contribution in [2.24, 2.45) is 11.1 Å². The average Bonchev–Trinajstić information content (AvgIpc) is 3.24. The van der Waals surface area contributed by atoms with Crippen LogP contribution >= 0.6 is 0 Å². The molecule has 106 valence electrons. The summed E-state index contributed by atoms with van der Waals surface area (Å²) in [6, 6.07) is 15.3. The van der Waals surface area contributed by atoms with E-state index in [0.717, 1.165) is 26.1 Å². The van der Waals surface area contributed by atoms with Crippen molar-refractivity contribution in [3.8, 4) is 0 Å². The highest BCUT2D eigenvalue weighted by molar-refractivity contribution is 5.94. The fourth-order valence-electron chi connectivity index (χ4n) is 3.23. The SMILES string of the molecule is CCN(CC1(CCN)CC1)c1cccc2ccccc12. The highest BCUT2D eigenvalue weighted by Crippen LogP contribution is 2.49. The van der Waals surface area contributed by atoms with Gasteiger partial charge < -0.3 is 10.6 Å². The van der Waals surface area contributed by atoms with Gasteiger partial charge >= 0.3 is 0 Å². The van der Waals surface area contributed by atoms with Gasteiger partial charge in [-0.3, -0.25) is 0 Å². The molecule has 1 fully saturated rings. The molecule has 2 aromatic rings. The van der Waals surface area contributed by atoms with E-state index in [4.69, 9.17) is 5.73 Å². The van der Waals surface area contributed by atoms with Crippen LogP contribution in [0.2, 0.25) is 0 Å². The quantitative estimate of drug-likeness (QED) is 0.863. The minimum absolute atomic E-state index is 0.488. The number of fused-ring (bicyclic) bond motifs is 1. The Balaban J connectivity index is 1.91. The molecule has 2 nitrogen and oxygen atoms in total. The van der Waals surface area contributed by atoms with Crippen LogP contribution in [0.3, 0.4) is 0 Å². The second-order valence-corrected chi connectivity index (χ2v) is 6.05. The van der Waals surface area contributed by atoms with Gasteiger partial charge in [-0.1, -0.05) is 36.4 Å². The first-order chi connectivity index (χ1) is 9.78. The molecule has 0 unspecified atom stereocenters. The number of hydrogen-bond donors (Lipinski definition) is 1. The topological polar surface area (TPSA) is 29.3 Å². The Morgan fingerprint density at radius 1 is 1.10 bits per heavy atom. The van der Waals surface area contributed by atoms with Crippen LogP contribution in [0.25, 0.3) is 10.8 Å². The molecule has 0 saturated heterocycles. The molecular formula is C18H24N2. The van der Waals surface area contributed by atoms with E-state index in [2.05, 4.69) is 54.3 Å². The Morgan fingerprint density at radius 2 is 1.85 bits per heavy atom. The summed E-state index contributed by atoms with van der Waals surface area (Å²) in [5, 5.41) is 2.69. The van der Waals surface area contributed by atoms with Crippen molar-refractivity contribution in [3.05, 3.63) is 42.5 Å². The maximum Gasteiger partial charge on any atom is 0.0445 e.